The summed E-state index contributed by atoms with van der Waals surface area (Å²) in [5.74, 6) is 0. The molecule has 21 heavy (non-hydrogen) atoms. The van der Waals surface area contributed by atoms with E-state index in [2.05, 4.69) is 10.3 Å². The van der Waals surface area contributed by atoms with Crippen LogP contribution in [-0.4, -0.2) is 6.21 Å². The lowest BCUT2D eigenvalue weighted by molar-refractivity contribution is 1.50. The zero-order valence-electron chi connectivity index (χ0n) is 11.6. The van der Waals surface area contributed by atoms with Crippen molar-refractivity contribution in [1.82, 2.24) is 0 Å². The number of nitrogens with one attached hydrogen (secondary N) is 1. The van der Waals surface area contributed by atoms with Crippen molar-refractivity contribution in [3.8, 4) is 0 Å². The van der Waals surface area contributed by atoms with Crippen LogP contribution in [0.1, 0.15) is 5.56 Å². The molecule has 3 aromatic rings. The number of para-hydroxylation sites is 1. The Bertz CT molecular complexity index is 702. The molecule has 2 nitrogen and oxygen atoms in total. The summed E-state index contributed by atoms with van der Waals surface area (Å²) in [5, 5.41) is 3.35. The first-order valence-electron chi connectivity index (χ1n) is 6.91. The largest absolute Gasteiger partial charge is 0.356 e. The van der Waals surface area contributed by atoms with Crippen molar-refractivity contribution in [2.75, 3.05) is 5.32 Å². The Hall–Kier alpha value is -2.87. The van der Waals surface area contributed by atoms with Gasteiger partial charge in [0.05, 0.1) is 5.69 Å². The summed E-state index contributed by atoms with van der Waals surface area (Å²) in [7, 11) is 0. The van der Waals surface area contributed by atoms with Gasteiger partial charge in [0.25, 0.3) is 0 Å². The minimum Gasteiger partial charge on any atom is -0.356 e. The zero-order chi connectivity index (χ0) is 14.3. The van der Waals surface area contributed by atoms with E-state index in [0.717, 1.165) is 22.6 Å². The molecule has 0 atom stereocenters. The van der Waals surface area contributed by atoms with Crippen molar-refractivity contribution < 1.29 is 0 Å². The maximum absolute atomic E-state index is 4.47. The number of hydrogen-bond donors (Lipinski definition) is 1. The van der Waals surface area contributed by atoms with Gasteiger partial charge in [0.2, 0.25) is 0 Å². The minimum atomic E-state index is 0.942. The number of rotatable bonds is 4. The van der Waals surface area contributed by atoms with Crippen LogP contribution in [0.5, 0.6) is 0 Å². The number of benzene rings is 3. The van der Waals surface area contributed by atoms with Gasteiger partial charge >= 0.3 is 0 Å². The van der Waals surface area contributed by atoms with Gasteiger partial charge in [0, 0.05) is 17.6 Å². The summed E-state index contributed by atoms with van der Waals surface area (Å²) in [6.45, 7) is 0. The average molecular weight is 272 g/mol. The highest BCUT2D eigenvalue weighted by Gasteiger charge is 1.94. The zero-order valence-corrected chi connectivity index (χ0v) is 11.6. The van der Waals surface area contributed by atoms with Crippen LogP contribution in [0.2, 0.25) is 0 Å². The molecule has 3 aromatic carbocycles. The molecule has 0 aromatic heterocycles. The van der Waals surface area contributed by atoms with E-state index in [9.17, 15) is 0 Å². The Morgan fingerprint density at radius 1 is 0.619 bits per heavy atom. The van der Waals surface area contributed by atoms with Crippen molar-refractivity contribution in [1.29, 1.82) is 0 Å². The lowest BCUT2D eigenvalue weighted by Crippen LogP contribution is -1.88. The third-order valence-electron chi connectivity index (χ3n) is 3.09. The van der Waals surface area contributed by atoms with Crippen LogP contribution in [0.3, 0.4) is 0 Å². The summed E-state index contributed by atoms with van der Waals surface area (Å²) in [4.78, 5) is 4.47. The summed E-state index contributed by atoms with van der Waals surface area (Å²) >= 11 is 0. The Balaban J connectivity index is 1.68. The first-order chi connectivity index (χ1) is 10.4. The van der Waals surface area contributed by atoms with Crippen LogP contribution < -0.4 is 5.32 Å². The van der Waals surface area contributed by atoms with Crippen molar-refractivity contribution >= 4 is 23.3 Å². The molecule has 0 aliphatic heterocycles. The van der Waals surface area contributed by atoms with Crippen LogP contribution in [0.4, 0.5) is 17.1 Å². The van der Waals surface area contributed by atoms with E-state index in [0.29, 0.717) is 0 Å². The first-order valence-corrected chi connectivity index (χ1v) is 6.91. The molecule has 0 unspecified atom stereocenters. The first kappa shape index (κ1) is 13.1. The maximum atomic E-state index is 4.47. The quantitative estimate of drug-likeness (QED) is 0.650. The van der Waals surface area contributed by atoms with Crippen LogP contribution in [0.25, 0.3) is 0 Å². The lowest BCUT2D eigenvalue weighted by atomic mass is 10.2. The Morgan fingerprint density at radius 2 is 1.19 bits per heavy atom. The monoisotopic (exact) mass is 272 g/mol. The predicted molar refractivity (Wildman–Crippen MR) is 89.9 cm³/mol. The SMILES string of the molecule is C(=Nc1ccc(Nc2ccccc2)cc1)c1ccccc1. The maximum Gasteiger partial charge on any atom is 0.0631 e. The molecule has 1 N–H and O–H groups in total. The van der Waals surface area contributed by atoms with Gasteiger partial charge in [-0.05, 0) is 42.0 Å². The molecule has 2 heteroatoms. The van der Waals surface area contributed by atoms with Gasteiger partial charge < -0.3 is 5.32 Å². The molecule has 0 amide bonds. The summed E-state index contributed by atoms with van der Waals surface area (Å²) in [5.41, 5.74) is 4.18. The predicted octanol–water partition coefficient (Wildman–Crippen LogP) is 5.18. The van der Waals surface area contributed by atoms with Crippen molar-refractivity contribution in [3.63, 3.8) is 0 Å². The summed E-state index contributed by atoms with van der Waals surface area (Å²) in [6.07, 6.45) is 1.87. The molecular weight excluding hydrogens is 256 g/mol. The van der Waals surface area contributed by atoms with Crippen LogP contribution in [0.15, 0.2) is 89.9 Å². The third kappa shape index (κ3) is 3.80. The van der Waals surface area contributed by atoms with Gasteiger partial charge in [-0.25, -0.2) is 0 Å². The molecule has 3 rings (SSSR count). The molecule has 0 spiro atoms. The highest BCUT2D eigenvalue weighted by Crippen LogP contribution is 2.20. The molecule has 102 valence electrons. The van der Waals surface area contributed by atoms with Gasteiger partial charge in [-0.15, -0.1) is 0 Å². The van der Waals surface area contributed by atoms with E-state index in [1.165, 1.54) is 0 Å². The summed E-state index contributed by atoms with van der Waals surface area (Å²) < 4.78 is 0. The molecule has 0 aliphatic carbocycles. The fourth-order valence-electron chi connectivity index (χ4n) is 2.01. The minimum absolute atomic E-state index is 0.942. The topological polar surface area (TPSA) is 24.4 Å². The van der Waals surface area contributed by atoms with Crippen molar-refractivity contribution in [3.05, 3.63) is 90.5 Å². The Labute approximate surface area is 124 Å². The smallest absolute Gasteiger partial charge is 0.0631 e. The van der Waals surface area contributed by atoms with Crippen molar-refractivity contribution in [2.45, 2.75) is 0 Å². The second-order valence-corrected chi connectivity index (χ2v) is 4.71. The Morgan fingerprint density at radius 3 is 1.86 bits per heavy atom. The average Bonchev–Trinajstić information content (AvgIpc) is 2.56. The van der Waals surface area contributed by atoms with E-state index in [1.54, 1.807) is 0 Å². The van der Waals surface area contributed by atoms with E-state index in [-0.39, 0.29) is 0 Å². The summed E-state index contributed by atoms with van der Waals surface area (Å²) in [6, 6.07) is 28.3. The molecular formula is C19H16N2. The van der Waals surface area contributed by atoms with Gasteiger partial charge in [-0.3, -0.25) is 4.99 Å². The fraction of sp³-hybridized carbons (Fsp3) is 0. The molecule has 0 bridgehead atoms. The van der Waals surface area contributed by atoms with Crippen molar-refractivity contribution in [2.24, 2.45) is 4.99 Å². The Kier molecular flexibility index (Phi) is 4.08. The molecule has 0 saturated carbocycles. The second-order valence-electron chi connectivity index (χ2n) is 4.71. The van der Waals surface area contributed by atoms with Crippen LogP contribution in [0, 0.1) is 0 Å². The number of aliphatic imine (C=N–C) groups is 1. The number of hydrogen-bond acceptors (Lipinski definition) is 2. The third-order valence-corrected chi connectivity index (χ3v) is 3.09. The molecule has 0 fully saturated rings. The van der Waals surface area contributed by atoms with Gasteiger partial charge in [-0.2, -0.15) is 0 Å². The second kappa shape index (κ2) is 6.53. The van der Waals surface area contributed by atoms with E-state index in [1.807, 2.05) is 91.1 Å². The van der Waals surface area contributed by atoms with E-state index < -0.39 is 0 Å². The molecule has 0 saturated heterocycles. The van der Waals surface area contributed by atoms with E-state index >= 15 is 0 Å². The van der Waals surface area contributed by atoms with Gasteiger partial charge in [0.1, 0.15) is 0 Å². The molecule has 0 heterocycles. The standard InChI is InChI=1S/C19H16N2/c1-3-7-16(8-4-1)15-20-17-11-13-19(14-12-17)21-18-9-5-2-6-10-18/h1-15,21H. The lowest BCUT2D eigenvalue weighted by Gasteiger charge is -2.05. The van der Waals surface area contributed by atoms with Gasteiger partial charge in [-0.1, -0.05) is 48.5 Å². The molecule has 0 aliphatic rings. The molecule has 0 radical (unpaired) electrons. The highest BCUT2D eigenvalue weighted by molar-refractivity contribution is 5.81. The van der Waals surface area contributed by atoms with Crippen LogP contribution >= 0.6 is 0 Å². The normalized spacial score (nSPS) is 10.7. The number of anilines is 2. The number of nitrogens with zero attached hydrogens (tertiary/aromatic N) is 1. The van der Waals surface area contributed by atoms with Gasteiger partial charge in [0.15, 0.2) is 0 Å². The van der Waals surface area contributed by atoms with Crippen LogP contribution in [-0.2, 0) is 0 Å². The fourth-order valence-corrected chi connectivity index (χ4v) is 2.01. The highest BCUT2D eigenvalue weighted by atomic mass is 14.9. The van der Waals surface area contributed by atoms with E-state index in [4.69, 9.17) is 0 Å².